The van der Waals surface area contributed by atoms with Gasteiger partial charge in [0.05, 0.1) is 11.0 Å². The van der Waals surface area contributed by atoms with Crippen LogP contribution in [0.25, 0.3) is 22.4 Å². The number of para-hydroxylation sites is 1. The molecule has 2 nitrogen and oxygen atoms in total. The van der Waals surface area contributed by atoms with Gasteiger partial charge in [-0.2, -0.15) is 0 Å². The smallest absolute Gasteiger partial charge is 0.139 e. The van der Waals surface area contributed by atoms with Crippen LogP contribution >= 0.6 is 15.9 Å². The van der Waals surface area contributed by atoms with E-state index in [1.807, 2.05) is 25.1 Å². The second-order valence-corrected chi connectivity index (χ2v) is 5.03. The van der Waals surface area contributed by atoms with Gasteiger partial charge in [0.25, 0.3) is 0 Å². The minimum atomic E-state index is -0.273. The summed E-state index contributed by atoms with van der Waals surface area (Å²) in [5, 5.41) is 0. The van der Waals surface area contributed by atoms with Crippen molar-refractivity contribution >= 4 is 27.0 Å². The molecule has 0 fully saturated rings. The van der Waals surface area contributed by atoms with Crippen molar-refractivity contribution in [2.75, 3.05) is 0 Å². The van der Waals surface area contributed by atoms with Gasteiger partial charge in [0.15, 0.2) is 0 Å². The van der Waals surface area contributed by atoms with Crippen molar-refractivity contribution in [3.63, 3.8) is 0 Å². The lowest BCUT2D eigenvalue weighted by atomic mass is 10.2. The number of rotatable bonds is 1. The number of hydrogen-bond donors (Lipinski definition) is 1. The van der Waals surface area contributed by atoms with E-state index in [0.717, 1.165) is 26.6 Å². The maximum absolute atomic E-state index is 13.3. The Bertz CT molecular complexity index is 734. The Morgan fingerprint density at radius 1 is 1.22 bits per heavy atom. The fourth-order valence-corrected chi connectivity index (χ4v) is 2.42. The molecule has 0 saturated heterocycles. The highest BCUT2D eigenvalue weighted by molar-refractivity contribution is 9.10. The molecule has 0 atom stereocenters. The van der Waals surface area contributed by atoms with Gasteiger partial charge >= 0.3 is 0 Å². The molecule has 0 aliphatic carbocycles. The second-order valence-electron chi connectivity index (χ2n) is 4.18. The number of aromatic nitrogens is 2. The molecule has 0 radical (unpaired) electrons. The molecule has 3 rings (SSSR count). The van der Waals surface area contributed by atoms with Gasteiger partial charge in [-0.1, -0.05) is 28.1 Å². The van der Waals surface area contributed by atoms with Gasteiger partial charge in [-0.3, -0.25) is 0 Å². The van der Waals surface area contributed by atoms with Crippen LogP contribution in [0.5, 0.6) is 0 Å². The highest BCUT2D eigenvalue weighted by Crippen LogP contribution is 2.29. The van der Waals surface area contributed by atoms with E-state index < -0.39 is 0 Å². The van der Waals surface area contributed by atoms with Crippen LogP contribution in [0, 0.1) is 12.7 Å². The molecule has 0 unspecified atom stereocenters. The predicted octanol–water partition coefficient (Wildman–Crippen LogP) is 4.44. The third kappa shape index (κ3) is 1.82. The largest absolute Gasteiger partial charge is 0.338 e. The van der Waals surface area contributed by atoms with Crippen LogP contribution in [0.1, 0.15) is 5.56 Å². The number of imidazole rings is 1. The lowest BCUT2D eigenvalue weighted by Gasteiger charge is -2.00. The third-order valence-electron chi connectivity index (χ3n) is 2.90. The van der Waals surface area contributed by atoms with Gasteiger partial charge in [0.1, 0.15) is 11.6 Å². The zero-order valence-electron chi connectivity index (χ0n) is 9.67. The van der Waals surface area contributed by atoms with E-state index in [9.17, 15) is 4.39 Å². The van der Waals surface area contributed by atoms with Crippen LogP contribution in [0.3, 0.4) is 0 Å². The number of aryl methyl sites for hydroxylation is 1. The zero-order chi connectivity index (χ0) is 12.7. The van der Waals surface area contributed by atoms with Gasteiger partial charge in [-0.15, -0.1) is 0 Å². The standard InChI is InChI=1S/C14H10BrFN2/c1-8-3-2-4-12-13(8)18-14(17-12)10-7-9(16)5-6-11(10)15/h2-7H,1H3,(H,17,18). The first-order valence-electron chi connectivity index (χ1n) is 5.56. The van der Waals surface area contributed by atoms with E-state index in [2.05, 4.69) is 25.9 Å². The van der Waals surface area contributed by atoms with E-state index in [1.54, 1.807) is 6.07 Å². The molecule has 1 aromatic heterocycles. The van der Waals surface area contributed by atoms with Gasteiger partial charge in [-0.25, -0.2) is 9.37 Å². The molecule has 2 aromatic carbocycles. The Morgan fingerprint density at radius 2 is 2.06 bits per heavy atom. The molecule has 90 valence electrons. The fourth-order valence-electron chi connectivity index (χ4n) is 1.98. The molecule has 0 saturated carbocycles. The maximum atomic E-state index is 13.3. The average molecular weight is 305 g/mol. The van der Waals surface area contributed by atoms with Crippen molar-refractivity contribution in [1.82, 2.24) is 9.97 Å². The Morgan fingerprint density at radius 3 is 2.83 bits per heavy atom. The van der Waals surface area contributed by atoms with Crippen LogP contribution in [-0.2, 0) is 0 Å². The van der Waals surface area contributed by atoms with Crippen LogP contribution in [-0.4, -0.2) is 9.97 Å². The lowest BCUT2D eigenvalue weighted by Crippen LogP contribution is -1.84. The highest BCUT2D eigenvalue weighted by atomic mass is 79.9. The topological polar surface area (TPSA) is 28.7 Å². The van der Waals surface area contributed by atoms with Crippen LogP contribution in [0.4, 0.5) is 4.39 Å². The number of benzene rings is 2. The number of nitrogens with zero attached hydrogens (tertiary/aromatic N) is 1. The van der Waals surface area contributed by atoms with Gasteiger partial charge in [-0.05, 0) is 36.8 Å². The van der Waals surface area contributed by atoms with Crippen molar-refractivity contribution in [2.45, 2.75) is 6.92 Å². The summed E-state index contributed by atoms with van der Waals surface area (Å²) < 4.78 is 14.1. The van der Waals surface area contributed by atoms with Crippen LogP contribution in [0.2, 0.25) is 0 Å². The molecule has 0 spiro atoms. The minimum absolute atomic E-state index is 0.273. The van der Waals surface area contributed by atoms with Crippen molar-refractivity contribution in [1.29, 1.82) is 0 Å². The van der Waals surface area contributed by atoms with E-state index in [4.69, 9.17) is 0 Å². The summed E-state index contributed by atoms with van der Waals surface area (Å²) in [6, 6.07) is 10.5. The highest BCUT2D eigenvalue weighted by Gasteiger charge is 2.10. The molecule has 1 heterocycles. The molecule has 3 aromatic rings. The monoisotopic (exact) mass is 304 g/mol. The second kappa shape index (κ2) is 4.21. The molecule has 4 heteroatoms. The summed E-state index contributed by atoms with van der Waals surface area (Å²) in [7, 11) is 0. The Hall–Kier alpha value is -1.68. The Kier molecular flexibility index (Phi) is 2.67. The number of halogens is 2. The van der Waals surface area contributed by atoms with Crippen molar-refractivity contribution in [3.05, 3.63) is 52.3 Å². The third-order valence-corrected chi connectivity index (χ3v) is 3.59. The van der Waals surface area contributed by atoms with E-state index in [0.29, 0.717) is 5.82 Å². The lowest BCUT2D eigenvalue weighted by molar-refractivity contribution is 0.628. The van der Waals surface area contributed by atoms with Crippen LogP contribution < -0.4 is 0 Å². The number of nitrogens with one attached hydrogen (secondary N) is 1. The Balaban J connectivity index is 2.26. The summed E-state index contributed by atoms with van der Waals surface area (Å²) in [6.07, 6.45) is 0. The van der Waals surface area contributed by atoms with Crippen molar-refractivity contribution < 1.29 is 4.39 Å². The quantitative estimate of drug-likeness (QED) is 0.707. The Labute approximate surface area is 112 Å². The van der Waals surface area contributed by atoms with E-state index in [1.165, 1.54) is 12.1 Å². The molecular formula is C14H10BrFN2. The van der Waals surface area contributed by atoms with Crippen molar-refractivity contribution in [2.24, 2.45) is 0 Å². The summed E-state index contributed by atoms with van der Waals surface area (Å²) in [4.78, 5) is 7.75. The average Bonchev–Trinajstić information content (AvgIpc) is 2.77. The first-order valence-corrected chi connectivity index (χ1v) is 6.35. The van der Waals surface area contributed by atoms with E-state index >= 15 is 0 Å². The summed E-state index contributed by atoms with van der Waals surface area (Å²) >= 11 is 3.42. The summed E-state index contributed by atoms with van der Waals surface area (Å²) in [5.74, 6) is 0.399. The van der Waals surface area contributed by atoms with Crippen LogP contribution in [0.15, 0.2) is 40.9 Å². The molecule has 18 heavy (non-hydrogen) atoms. The SMILES string of the molecule is Cc1cccc2[nH]c(-c3cc(F)ccc3Br)nc12. The fraction of sp³-hybridized carbons (Fsp3) is 0.0714. The summed E-state index contributed by atoms with van der Waals surface area (Å²) in [6.45, 7) is 2.01. The first kappa shape index (κ1) is 11.4. The first-order chi connectivity index (χ1) is 8.65. The number of fused-ring (bicyclic) bond motifs is 1. The normalized spacial score (nSPS) is 11.1. The number of aromatic amines is 1. The van der Waals surface area contributed by atoms with Crippen molar-refractivity contribution in [3.8, 4) is 11.4 Å². The summed E-state index contributed by atoms with van der Waals surface area (Å²) in [5.41, 5.74) is 3.71. The van der Waals surface area contributed by atoms with Gasteiger partial charge in [0.2, 0.25) is 0 Å². The maximum Gasteiger partial charge on any atom is 0.139 e. The van der Waals surface area contributed by atoms with Gasteiger partial charge in [0, 0.05) is 10.0 Å². The zero-order valence-corrected chi connectivity index (χ0v) is 11.3. The van der Waals surface area contributed by atoms with E-state index in [-0.39, 0.29) is 5.82 Å². The number of H-pyrrole nitrogens is 1. The molecule has 0 bridgehead atoms. The number of hydrogen-bond acceptors (Lipinski definition) is 1. The molecule has 0 amide bonds. The molecule has 1 N–H and O–H groups in total. The molecule has 0 aliphatic heterocycles. The predicted molar refractivity (Wildman–Crippen MR) is 73.9 cm³/mol. The minimum Gasteiger partial charge on any atom is -0.338 e. The molecular weight excluding hydrogens is 295 g/mol. The molecule has 0 aliphatic rings. The van der Waals surface area contributed by atoms with Gasteiger partial charge < -0.3 is 4.98 Å².